The SMILES string of the molecule is COc1ccc(N2C(=Nn3c(SC)nnc(C)c3=O)N(c3ccc(OC)cc3)C2=Nn2c(SC)nnc(C)c2=O)cc1. The van der Waals surface area contributed by atoms with E-state index in [4.69, 9.17) is 19.7 Å². The zero-order chi connectivity index (χ0) is 30.0. The van der Waals surface area contributed by atoms with Crippen molar-refractivity contribution in [3.8, 4) is 11.5 Å². The van der Waals surface area contributed by atoms with Gasteiger partial charge in [0.15, 0.2) is 0 Å². The Labute approximate surface area is 248 Å². The van der Waals surface area contributed by atoms with Crippen molar-refractivity contribution in [1.29, 1.82) is 0 Å². The first-order valence-electron chi connectivity index (χ1n) is 12.4. The first-order chi connectivity index (χ1) is 20.3. The van der Waals surface area contributed by atoms with Crippen LogP contribution in [0.15, 0.2) is 78.6 Å². The fraction of sp³-hybridized carbons (Fsp3) is 0.231. The van der Waals surface area contributed by atoms with Gasteiger partial charge < -0.3 is 9.47 Å². The van der Waals surface area contributed by atoms with Gasteiger partial charge in [-0.25, -0.2) is 9.80 Å². The molecule has 0 saturated carbocycles. The second kappa shape index (κ2) is 12.0. The van der Waals surface area contributed by atoms with Gasteiger partial charge in [0.2, 0.25) is 22.2 Å². The van der Waals surface area contributed by atoms with Gasteiger partial charge in [0.25, 0.3) is 11.1 Å². The van der Waals surface area contributed by atoms with Gasteiger partial charge >= 0.3 is 0 Å². The summed E-state index contributed by atoms with van der Waals surface area (Å²) in [4.78, 5) is 29.8. The molecule has 0 unspecified atom stereocenters. The minimum absolute atomic E-state index is 0.187. The average Bonchev–Trinajstić information content (AvgIpc) is 3.01. The van der Waals surface area contributed by atoms with Gasteiger partial charge in [-0.1, -0.05) is 23.5 Å². The van der Waals surface area contributed by atoms with Crippen LogP contribution in [-0.4, -0.2) is 68.4 Å². The van der Waals surface area contributed by atoms with E-state index in [0.717, 1.165) is 0 Å². The maximum absolute atomic E-state index is 13.2. The number of nitrogens with zero attached hydrogens (tertiary/aromatic N) is 10. The van der Waals surface area contributed by atoms with Crippen molar-refractivity contribution in [2.45, 2.75) is 24.2 Å². The van der Waals surface area contributed by atoms with Crippen molar-refractivity contribution in [2.24, 2.45) is 10.2 Å². The van der Waals surface area contributed by atoms with Crippen molar-refractivity contribution >= 4 is 46.8 Å². The number of methoxy groups -OCH3 is 2. The summed E-state index contributed by atoms with van der Waals surface area (Å²) >= 11 is 2.46. The molecule has 1 fully saturated rings. The molecule has 0 bridgehead atoms. The van der Waals surface area contributed by atoms with Crippen molar-refractivity contribution in [1.82, 2.24) is 29.7 Å². The number of aromatic nitrogens is 6. The zero-order valence-corrected chi connectivity index (χ0v) is 25.2. The number of benzene rings is 2. The molecular weight excluding hydrogens is 580 g/mol. The summed E-state index contributed by atoms with van der Waals surface area (Å²) in [6.45, 7) is 3.14. The van der Waals surface area contributed by atoms with Crippen LogP contribution in [0.4, 0.5) is 11.4 Å². The van der Waals surface area contributed by atoms with Crippen LogP contribution in [-0.2, 0) is 0 Å². The topological polar surface area (TPSA) is 145 Å². The summed E-state index contributed by atoms with van der Waals surface area (Å²) < 4.78 is 13.1. The second-order valence-corrected chi connectivity index (χ2v) is 10.2. The predicted molar refractivity (Wildman–Crippen MR) is 162 cm³/mol. The summed E-state index contributed by atoms with van der Waals surface area (Å²) in [6.07, 6.45) is 3.56. The lowest BCUT2D eigenvalue weighted by Gasteiger charge is -2.45. The van der Waals surface area contributed by atoms with Crippen LogP contribution in [0.25, 0.3) is 0 Å². The van der Waals surface area contributed by atoms with Crippen molar-refractivity contribution in [2.75, 3.05) is 36.5 Å². The molecule has 2 aromatic carbocycles. The van der Waals surface area contributed by atoms with Gasteiger partial charge in [-0.15, -0.1) is 30.6 Å². The molecule has 0 atom stereocenters. The van der Waals surface area contributed by atoms with Gasteiger partial charge in [-0.2, -0.15) is 9.35 Å². The van der Waals surface area contributed by atoms with E-state index in [1.807, 2.05) is 24.3 Å². The van der Waals surface area contributed by atoms with Gasteiger partial charge in [0.1, 0.15) is 22.9 Å². The van der Waals surface area contributed by atoms with E-state index in [1.54, 1.807) is 74.6 Å². The molecule has 5 rings (SSSR count). The van der Waals surface area contributed by atoms with Crippen LogP contribution < -0.4 is 30.4 Å². The smallest absolute Gasteiger partial charge is 0.296 e. The Hall–Kier alpha value is -4.70. The van der Waals surface area contributed by atoms with E-state index in [1.165, 1.54) is 32.9 Å². The van der Waals surface area contributed by atoms with Gasteiger partial charge in [-0.05, 0) is 74.9 Å². The Morgan fingerprint density at radius 2 is 0.976 bits per heavy atom. The van der Waals surface area contributed by atoms with Crippen LogP contribution >= 0.6 is 23.5 Å². The highest BCUT2D eigenvalue weighted by molar-refractivity contribution is 7.98. The zero-order valence-electron chi connectivity index (χ0n) is 23.5. The highest BCUT2D eigenvalue weighted by Crippen LogP contribution is 2.33. The van der Waals surface area contributed by atoms with Gasteiger partial charge in [0.05, 0.1) is 25.6 Å². The Morgan fingerprint density at radius 3 is 1.29 bits per heavy atom. The lowest BCUT2D eigenvalue weighted by Crippen LogP contribution is -2.67. The monoisotopic (exact) mass is 606 g/mol. The number of anilines is 2. The third-order valence-corrected chi connectivity index (χ3v) is 7.38. The van der Waals surface area contributed by atoms with E-state index < -0.39 is 11.1 Å². The number of guanidine groups is 2. The summed E-state index contributed by atoms with van der Waals surface area (Å²) in [5.41, 5.74) is 0.817. The highest BCUT2D eigenvalue weighted by atomic mass is 32.2. The summed E-state index contributed by atoms with van der Waals surface area (Å²) in [6, 6.07) is 14.4. The Morgan fingerprint density at radius 1 is 0.619 bits per heavy atom. The third kappa shape index (κ3) is 5.21. The lowest BCUT2D eigenvalue weighted by molar-refractivity contribution is 0.415. The molecule has 2 aromatic heterocycles. The molecular formula is C26H26N10O4S2. The van der Waals surface area contributed by atoms with Crippen molar-refractivity contribution < 1.29 is 9.47 Å². The third-order valence-electron chi connectivity index (χ3n) is 6.14. The Bertz CT molecular complexity index is 1660. The number of ether oxygens (including phenoxy) is 2. The number of hydrogen-bond acceptors (Lipinski definition) is 12. The van der Waals surface area contributed by atoms with Crippen LogP contribution in [0.2, 0.25) is 0 Å². The molecule has 1 aliphatic rings. The second-order valence-electron chi connectivity index (χ2n) is 8.64. The Balaban J connectivity index is 1.81. The molecule has 1 saturated heterocycles. The number of rotatable bonds is 8. The summed E-state index contributed by atoms with van der Waals surface area (Å²) in [7, 11) is 3.15. The van der Waals surface area contributed by atoms with E-state index >= 15 is 0 Å². The lowest BCUT2D eigenvalue weighted by atomic mass is 10.2. The standard InChI is InChI=1S/C26H26N10O4S2/c1-15-21(37)35(25(41-5)29-27-15)31-23-33(17-7-11-19(39-3)12-8-17)24(34(23)18-9-13-20(40-4)14-10-18)32-36-22(38)16(2)28-30-26(36)42-6/h7-14H,1-6H3. The molecule has 216 valence electrons. The van der Waals surface area contributed by atoms with E-state index in [9.17, 15) is 9.59 Å². The first kappa shape index (κ1) is 28.8. The molecule has 14 nitrogen and oxygen atoms in total. The largest absolute Gasteiger partial charge is 0.497 e. The predicted octanol–water partition coefficient (Wildman–Crippen LogP) is 2.63. The van der Waals surface area contributed by atoms with E-state index in [2.05, 4.69) is 20.4 Å². The fourth-order valence-electron chi connectivity index (χ4n) is 3.93. The van der Waals surface area contributed by atoms with Gasteiger partial charge in [-0.3, -0.25) is 9.59 Å². The molecule has 16 heteroatoms. The quantitative estimate of drug-likeness (QED) is 0.272. The maximum atomic E-state index is 13.2. The summed E-state index contributed by atoms with van der Waals surface area (Å²) in [5, 5.41) is 26.3. The molecule has 0 spiro atoms. The van der Waals surface area contributed by atoms with E-state index in [-0.39, 0.29) is 11.4 Å². The van der Waals surface area contributed by atoms with Gasteiger partial charge in [0, 0.05) is 0 Å². The molecule has 0 N–H and O–H groups in total. The van der Waals surface area contributed by atoms with E-state index in [0.29, 0.717) is 45.1 Å². The van der Waals surface area contributed by atoms with Crippen molar-refractivity contribution in [3.63, 3.8) is 0 Å². The Kier molecular flexibility index (Phi) is 8.26. The van der Waals surface area contributed by atoms with Crippen LogP contribution in [0, 0.1) is 13.8 Å². The van der Waals surface area contributed by atoms with Crippen LogP contribution in [0.3, 0.4) is 0 Å². The summed E-state index contributed by atoms with van der Waals surface area (Å²) in [5.74, 6) is 1.92. The minimum atomic E-state index is -0.425. The first-order valence-corrected chi connectivity index (χ1v) is 14.8. The van der Waals surface area contributed by atoms with Crippen molar-refractivity contribution in [3.05, 3.63) is 80.6 Å². The molecule has 0 aliphatic carbocycles. The average molecular weight is 607 g/mol. The molecule has 0 radical (unpaired) electrons. The fourth-order valence-corrected chi connectivity index (χ4v) is 4.77. The molecule has 42 heavy (non-hydrogen) atoms. The molecule has 0 amide bonds. The number of thioether (sulfide) groups is 2. The molecule has 4 aromatic rings. The van der Waals surface area contributed by atoms with Crippen LogP contribution in [0.1, 0.15) is 11.4 Å². The molecule has 3 heterocycles. The normalized spacial score (nSPS) is 12.7. The van der Waals surface area contributed by atoms with Crippen LogP contribution in [0.5, 0.6) is 11.5 Å². The number of hydrogen-bond donors (Lipinski definition) is 0. The number of aryl methyl sites for hydroxylation is 2. The maximum Gasteiger partial charge on any atom is 0.296 e. The minimum Gasteiger partial charge on any atom is -0.497 e. The molecule has 1 aliphatic heterocycles. The highest BCUT2D eigenvalue weighted by Gasteiger charge is 2.43.